The predicted molar refractivity (Wildman–Crippen MR) is 55.1 cm³/mol. The van der Waals surface area contributed by atoms with Crippen LogP contribution in [0, 0.1) is 0 Å². The molecule has 3 nitrogen and oxygen atoms in total. The highest BCUT2D eigenvalue weighted by Gasteiger charge is 2.41. The molecule has 15 heavy (non-hydrogen) atoms. The number of hydrogen-bond acceptors (Lipinski definition) is 3. The highest BCUT2D eigenvalue weighted by atomic mass is 16.6. The van der Waals surface area contributed by atoms with E-state index in [9.17, 15) is 4.79 Å². The summed E-state index contributed by atoms with van der Waals surface area (Å²) < 4.78 is 10.2. The number of rotatable bonds is 4. The second-order valence-electron chi connectivity index (χ2n) is 3.35. The van der Waals surface area contributed by atoms with Gasteiger partial charge in [-0.3, -0.25) is 0 Å². The van der Waals surface area contributed by atoms with E-state index in [1.165, 1.54) is 0 Å². The lowest BCUT2D eigenvalue weighted by molar-refractivity contribution is -0.200. The van der Waals surface area contributed by atoms with Crippen LogP contribution in [0.2, 0.25) is 0 Å². The van der Waals surface area contributed by atoms with Crippen LogP contribution in [0.25, 0.3) is 0 Å². The van der Waals surface area contributed by atoms with E-state index in [2.05, 4.69) is 6.58 Å². The van der Waals surface area contributed by atoms with Crippen molar-refractivity contribution < 1.29 is 14.3 Å². The lowest BCUT2D eigenvalue weighted by atomic mass is 10.1. The lowest BCUT2D eigenvalue weighted by Gasteiger charge is -2.32. The summed E-state index contributed by atoms with van der Waals surface area (Å²) in [6, 6.07) is 9.71. The summed E-state index contributed by atoms with van der Waals surface area (Å²) in [5.41, 5.74) is 1.04. The molecular weight excluding hydrogens is 192 g/mol. The summed E-state index contributed by atoms with van der Waals surface area (Å²) in [5.74, 6) is -0.309. The number of cyclic esters (lactones) is 1. The second-order valence-corrected chi connectivity index (χ2v) is 3.35. The normalized spacial score (nSPS) is 24.1. The molecule has 0 N–H and O–H groups in total. The summed E-state index contributed by atoms with van der Waals surface area (Å²) in [5, 5.41) is 0. The van der Waals surface area contributed by atoms with Crippen LogP contribution in [0.4, 0.5) is 0 Å². The van der Waals surface area contributed by atoms with Crippen molar-refractivity contribution >= 4 is 5.97 Å². The van der Waals surface area contributed by atoms with Gasteiger partial charge in [-0.05, 0) is 11.6 Å². The molecule has 1 aliphatic heterocycles. The van der Waals surface area contributed by atoms with Crippen molar-refractivity contribution in [2.45, 2.75) is 18.8 Å². The first-order valence-corrected chi connectivity index (χ1v) is 4.80. The Kier molecular flexibility index (Phi) is 2.83. The van der Waals surface area contributed by atoms with Gasteiger partial charge in [0, 0.05) is 0 Å². The van der Waals surface area contributed by atoms with Crippen LogP contribution in [-0.2, 0) is 20.9 Å². The molecular formula is C12H12O3. The molecule has 1 aromatic rings. The van der Waals surface area contributed by atoms with Gasteiger partial charge in [-0.2, -0.15) is 0 Å². The predicted octanol–water partition coefficient (Wildman–Crippen LogP) is 1.68. The van der Waals surface area contributed by atoms with Crippen molar-refractivity contribution in [3.8, 4) is 0 Å². The third-order valence-electron chi connectivity index (χ3n) is 2.29. The quantitative estimate of drug-likeness (QED) is 0.553. The second kappa shape index (κ2) is 4.28. The van der Waals surface area contributed by atoms with Crippen molar-refractivity contribution in [1.29, 1.82) is 0 Å². The van der Waals surface area contributed by atoms with Crippen molar-refractivity contribution in [3.63, 3.8) is 0 Å². The fourth-order valence-corrected chi connectivity index (χ4v) is 1.42. The first kappa shape index (κ1) is 9.93. The Balaban J connectivity index is 1.88. The van der Waals surface area contributed by atoms with Gasteiger partial charge in [0.2, 0.25) is 0 Å². The maximum atomic E-state index is 11.0. The Morgan fingerprint density at radius 3 is 2.73 bits per heavy atom. The minimum atomic E-state index is -0.484. The molecule has 0 saturated carbocycles. The van der Waals surface area contributed by atoms with E-state index in [1.807, 2.05) is 30.3 Å². The molecule has 0 spiro atoms. The van der Waals surface area contributed by atoms with Crippen LogP contribution in [0.1, 0.15) is 5.56 Å². The lowest BCUT2D eigenvalue weighted by Crippen LogP contribution is -2.50. The number of carbonyl (C=O) groups excluding carboxylic acids is 1. The van der Waals surface area contributed by atoms with Crippen LogP contribution in [0.15, 0.2) is 43.0 Å². The van der Waals surface area contributed by atoms with Gasteiger partial charge in [0.05, 0.1) is 6.61 Å². The Labute approximate surface area is 88.3 Å². The third kappa shape index (κ3) is 2.07. The number of ether oxygens (including phenoxy) is 2. The van der Waals surface area contributed by atoms with E-state index in [1.54, 1.807) is 6.08 Å². The molecule has 0 bridgehead atoms. The van der Waals surface area contributed by atoms with Gasteiger partial charge in [-0.15, -0.1) is 0 Å². The number of esters is 1. The Morgan fingerprint density at radius 1 is 1.40 bits per heavy atom. The SMILES string of the molecule is C=C[C@H]1OC(=O)[C@@H]1OCc1ccccc1. The third-order valence-corrected chi connectivity index (χ3v) is 2.29. The minimum Gasteiger partial charge on any atom is -0.453 e. The van der Waals surface area contributed by atoms with E-state index in [4.69, 9.17) is 9.47 Å². The molecule has 1 heterocycles. The fraction of sp³-hybridized carbons (Fsp3) is 0.250. The van der Waals surface area contributed by atoms with Crippen molar-refractivity contribution in [1.82, 2.24) is 0 Å². The topological polar surface area (TPSA) is 35.5 Å². The molecule has 78 valence electrons. The van der Waals surface area contributed by atoms with Gasteiger partial charge in [-0.1, -0.05) is 36.9 Å². The Hall–Kier alpha value is -1.61. The van der Waals surface area contributed by atoms with Gasteiger partial charge in [-0.25, -0.2) is 4.79 Å². The van der Waals surface area contributed by atoms with E-state index >= 15 is 0 Å². The zero-order valence-corrected chi connectivity index (χ0v) is 8.26. The van der Waals surface area contributed by atoms with Gasteiger partial charge < -0.3 is 9.47 Å². The van der Waals surface area contributed by atoms with Gasteiger partial charge >= 0.3 is 5.97 Å². The van der Waals surface area contributed by atoms with E-state index in [0.717, 1.165) is 5.56 Å². The molecule has 1 aliphatic rings. The number of carbonyl (C=O) groups is 1. The highest BCUT2D eigenvalue weighted by molar-refractivity contribution is 5.81. The minimum absolute atomic E-state index is 0.291. The molecule has 1 fully saturated rings. The first-order valence-electron chi connectivity index (χ1n) is 4.80. The molecule has 0 aliphatic carbocycles. The molecule has 0 amide bonds. The Morgan fingerprint density at radius 2 is 2.13 bits per heavy atom. The molecule has 1 aromatic carbocycles. The van der Waals surface area contributed by atoms with E-state index in [-0.39, 0.29) is 12.1 Å². The van der Waals surface area contributed by atoms with Gasteiger partial charge in [0.25, 0.3) is 0 Å². The van der Waals surface area contributed by atoms with E-state index in [0.29, 0.717) is 6.61 Å². The van der Waals surface area contributed by atoms with Gasteiger partial charge in [0.15, 0.2) is 12.2 Å². The largest absolute Gasteiger partial charge is 0.453 e. The zero-order chi connectivity index (χ0) is 10.7. The molecule has 2 atom stereocenters. The van der Waals surface area contributed by atoms with Crippen LogP contribution >= 0.6 is 0 Å². The molecule has 1 saturated heterocycles. The summed E-state index contributed by atoms with van der Waals surface area (Å²) in [6.07, 6.45) is 0.806. The van der Waals surface area contributed by atoms with Crippen LogP contribution < -0.4 is 0 Å². The van der Waals surface area contributed by atoms with Gasteiger partial charge in [0.1, 0.15) is 0 Å². The molecule has 0 unspecified atom stereocenters. The maximum absolute atomic E-state index is 11.0. The number of benzene rings is 1. The standard InChI is InChI=1S/C12H12O3/c1-2-10-11(12(13)15-10)14-8-9-6-4-3-5-7-9/h2-7,10-11H,1,8H2/t10-,11-/m1/s1. The average molecular weight is 204 g/mol. The monoisotopic (exact) mass is 204 g/mol. The maximum Gasteiger partial charge on any atom is 0.340 e. The summed E-state index contributed by atoms with van der Waals surface area (Å²) >= 11 is 0. The van der Waals surface area contributed by atoms with Crippen LogP contribution in [-0.4, -0.2) is 18.2 Å². The summed E-state index contributed by atoms with van der Waals surface area (Å²) in [7, 11) is 0. The zero-order valence-electron chi connectivity index (χ0n) is 8.26. The van der Waals surface area contributed by atoms with Crippen LogP contribution in [0.3, 0.4) is 0 Å². The average Bonchev–Trinajstić information content (AvgIpc) is 2.27. The summed E-state index contributed by atoms with van der Waals surface area (Å²) in [4.78, 5) is 11.0. The van der Waals surface area contributed by atoms with Crippen LogP contribution in [0.5, 0.6) is 0 Å². The smallest absolute Gasteiger partial charge is 0.340 e. The molecule has 0 aromatic heterocycles. The van der Waals surface area contributed by atoms with Crippen molar-refractivity contribution in [3.05, 3.63) is 48.6 Å². The first-order chi connectivity index (χ1) is 7.31. The molecule has 0 radical (unpaired) electrons. The fourth-order valence-electron chi connectivity index (χ4n) is 1.42. The molecule has 2 rings (SSSR count). The summed E-state index contributed by atoms with van der Waals surface area (Å²) in [6.45, 7) is 3.99. The Bertz CT molecular complexity index is 358. The van der Waals surface area contributed by atoms with E-state index < -0.39 is 6.10 Å². The highest BCUT2D eigenvalue weighted by Crippen LogP contribution is 2.20. The van der Waals surface area contributed by atoms with Crippen molar-refractivity contribution in [2.24, 2.45) is 0 Å². The van der Waals surface area contributed by atoms with Crippen molar-refractivity contribution in [2.75, 3.05) is 0 Å². The molecule has 3 heteroatoms. The number of hydrogen-bond donors (Lipinski definition) is 0.